The Balaban J connectivity index is 1.16. The van der Waals surface area contributed by atoms with Crippen molar-refractivity contribution in [1.82, 2.24) is 15.0 Å². The quantitative estimate of drug-likeness (QED) is 0.186. The van der Waals surface area contributed by atoms with Gasteiger partial charge < -0.3 is 9.40 Å². The van der Waals surface area contributed by atoms with Crippen LogP contribution in [0.2, 0.25) is 0 Å². The van der Waals surface area contributed by atoms with Gasteiger partial charge in [0.15, 0.2) is 5.82 Å². The van der Waals surface area contributed by atoms with Gasteiger partial charge in [-0.25, -0.2) is 9.97 Å². The molecule has 0 aliphatic carbocycles. The van der Waals surface area contributed by atoms with E-state index in [2.05, 4.69) is 163 Å². The zero-order chi connectivity index (χ0) is 37.0. The van der Waals surface area contributed by atoms with Gasteiger partial charge in [-0.3, -0.25) is 0 Å². The summed E-state index contributed by atoms with van der Waals surface area (Å²) in [5.41, 5.74) is 15.5. The molecule has 0 fully saturated rings. The maximum Gasteiger partial charge on any atom is 0.160 e. The molecule has 0 aliphatic heterocycles. The van der Waals surface area contributed by atoms with Gasteiger partial charge >= 0.3 is 0 Å². The maximum atomic E-state index is 6.38. The molecule has 0 unspecified atom stereocenters. The fourth-order valence-corrected chi connectivity index (χ4v) is 8.17. The Morgan fingerprint density at radius 3 is 1.64 bits per heavy atom. The molecule has 3 aromatic heterocycles. The van der Waals surface area contributed by atoms with Crippen LogP contribution in [0.4, 0.5) is 0 Å². The molecular weight excluding hydrogens is 683 g/mol. The van der Waals surface area contributed by atoms with E-state index in [9.17, 15) is 0 Å². The van der Waals surface area contributed by atoms with E-state index in [-0.39, 0.29) is 0 Å². The number of aromatic amines is 1. The number of nitrogens with one attached hydrogen (secondary N) is 1. The monoisotopic (exact) mass is 715 g/mol. The predicted octanol–water partition coefficient (Wildman–Crippen LogP) is 14.0. The lowest BCUT2D eigenvalue weighted by atomic mass is 9.91. The first kappa shape index (κ1) is 31.9. The normalized spacial score (nSPS) is 11.6. The third-order valence-electron chi connectivity index (χ3n) is 10.8. The average molecular weight is 716 g/mol. The molecule has 0 bridgehead atoms. The summed E-state index contributed by atoms with van der Waals surface area (Å²) in [6.45, 7) is 0. The molecule has 0 radical (unpaired) electrons. The number of H-pyrrole nitrogens is 1. The highest BCUT2D eigenvalue weighted by molar-refractivity contribution is 6.15. The largest absolute Gasteiger partial charge is 0.456 e. The first-order valence-corrected chi connectivity index (χ1v) is 18.9. The minimum Gasteiger partial charge on any atom is -0.456 e. The summed E-state index contributed by atoms with van der Waals surface area (Å²) in [6, 6.07) is 68.1. The first-order valence-electron chi connectivity index (χ1n) is 18.9. The molecule has 4 heteroatoms. The second kappa shape index (κ2) is 13.1. The second-order valence-electron chi connectivity index (χ2n) is 14.2. The zero-order valence-corrected chi connectivity index (χ0v) is 30.3. The molecule has 4 nitrogen and oxygen atoms in total. The minimum absolute atomic E-state index is 0.679. The number of aromatic nitrogens is 3. The molecule has 262 valence electrons. The van der Waals surface area contributed by atoms with Crippen molar-refractivity contribution in [2.24, 2.45) is 0 Å². The molecule has 3 heterocycles. The highest BCUT2D eigenvalue weighted by atomic mass is 16.3. The van der Waals surface area contributed by atoms with Crippen LogP contribution in [0.3, 0.4) is 0 Å². The summed E-state index contributed by atoms with van der Waals surface area (Å²) in [7, 11) is 0. The van der Waals surface area contributed by atoms with Crippen molar-refractivity contribution in [3.05, 3.63) is 194 Å². The van der Waals surface area contributed by atoms with E-state index in [1.807, 2.05) is 36.4 Å². The average Bonchev–Trinajstić information content (AvgIpc) is 3.86. The summed E-state index contributed by atoms with van der Waals surface area (Å²) in [6.07, 6.45) is 0. The van der Waals surface area contributed by atoms with Gasteiger partial charge in [0.05, 0.1) is 11.4 Å². The SMILES string of the molecule is c1ccc(-c2ccc(-c3cc(-c4cc(-c5cccc6[nH]c7ccccc7c56)cc(-c5cccc6oc7ccccc7c56)c4)nc(-c4ccccc4)n3)cc2)cc1. The molecule has 0 aliphatic rings. The molecule has 0 amide bonds. The van der Waals surface area contributed by atoms with Crippen LogP contribution in [0, 0.1) is 0 Å². The summed E-state index contributed by atoms with van der Waals surface area (Å²) >= 11 is 0. The van der Waals surface area contributed by atoms with E-state index in [0.717, 1.165) is 88.9 Å². The highest BCUT2D eigenvalue weighted by Gasteiger charge is 2.18. The maximum absolute atomic E-state index is 6.38. The van der Waals surface area contributed by atoms with Crippen molar-refractivity contribution in [3.63, 3.8) is 0 Å². The minimum atomic E-state index is 0.679. The summed E-state index contributed by atoms with van der Waals surface area (Å²) in [5, 5.41) is 4.59. The van der Waals surface area contributed by atoms with Gasteiger partial charge in [0.2, 0.25) is 0 Å². The molecule has 1 N–H and O–H groups in total. The van der Waals surface area contributed by atoms with Gasteiger partial charge in [-0.2, -0.15) is 0 Å². The van der Waals surface area contributed by atoms with Crippen molar-refractivity contribution in [2.75, 3.05) is 0 Å². The van der Waals surface area contributed by atoms with E-state index >= 15 is 0 Å². The molecule has 11 rings (SSSR count). The smallest absolute Gasteiger partial charge is 0.160 e. The van der Waals surface area contributed by atoms with Crippen LogP contribution >= 0.6 is 0 Å². The van der Waals surface area contributed by atoms with Crippen LogP contribution in [0.5, 0.6) is 0 Å². The standard InChI is InChI=1S/C52H33N3O/c1-3-13-33(14-4-1)34-25-27-35(28-26-34)46-32-47(55-52(54-46)36-15-5-2-6-16-36)39-30-37(40-19-11-22-45-50(40)42-17-7-9-21-44(42)53-45)29-38(31-39)41-20-12-24-49-51(41)43-18-8-10-23-48(43)56-49/h1-32,53H. The third kappa shape index (κ3) is 5.47. The van der Waals surface area contributed by atoms with Crippen LogP contribution in [-0.4, -0.2) is 15.0 Å². The fourth-order valence-electron chi connectivity index (χ4n) is 8.17. The van der Waals surface area contributed by atoms with Crippen molar-refractivity contribution in [1.29, 1.82) is 0 Å². The Morgan fingerprint density at radius 1 is 0.339 bits per heavy atom. The van der Waals surface area contributed by atoms with Crippen LogP contribution in [0.25, 0.3) is 111 Å². The number of fused-ring (bicyclic) bond motifs is 6. The molecular formula is C52H33N3O. The number of hydrogen-bond acceptors (Lipinski definition) is 3. The number of furan rings is 1. The van der Waals surface area contributed by atoms with Crippen molar-refractivity contribution in [3.8, 4) is 67.3 Å². The number of hydrogen-bond donors (Lipinski definition) is 1. The molecule has 56 heavy (non-hydrogen) atoms. The molecule has 0 saturated carbocycles. The summed E-state index contributed by atoms with van der Waals surface area (Å²) < 4.78 is 6.38. The molecule has 8 aromatic carbocycles. The van der Waals surface area contributed by atoms with Crippen LogP contribution in [-0.2, 0) is 0 Å². The number of para-hydroxylation sites is 2. The van der Waals surface area contributed by atoms with E-state index in [1.165, 1.54) is 16.3 Å². The Labute approximate surface area is 323 Å². The summed E-state index contributed by atoms with van der Waals surface area (Å²) in [4.78, 5) is 14.1. The van der Waals surface area contributed by atoms with E-state index in [1.54, 1.807) is 0 Å². The number of benzene rings is 8. The lowest BCUT2D eigenvalue weighted by Gasteiger charge is -2.14. The van der Waals surface area contributed by atoms with Crippen LogP contribution < -0.4 is 0 Å². The molecule has 11 aromatic rings. The van der Waals surface area contributed by atoms with E-state index < -0.39 is 0 Å². The molecule has 0 atom stereocenters. The second-order valence-corrected chi connectivity index (χ2v) is 14.2. The van der Waals surface area contributed by atoms with Gasteiger partial charge in [0, 0.05) is 49.3 Å². The van der Waals surface area contributed by atoms with E-state index in [0.29, 0.717) is 5.82 Å². The predicted molar refractivity (Wildman–Crippen MR) is 231 cm³/mol. The molecule has 0 spiro atoms. The lowest BCUT2D eigenvalue weighted by Crippen LogP contribution is -1.97. The van der Waals surface area contributed by atoms with Gasteiger partial charge in [-0.1, -0.05) is 146 Å². The Hall–Kier alpha value is -7.56. The lowest BCUT2D eigenvalue weighted by molar-refractivity contribution is 0.669. The Kier molecular flexibility index (Phi) is 7.46. The Morgan fingerprint density at radius 2 is 0.875 bits per heavy atom. The highest BCUT2D eigenvalue weighted by Crippen LogP contribution is 2.42. The van der Waals surface area contributed by atoms with Crippen molar-refractivity contribution >= 4 is 43.7 Å². The first-order chi connectivity index (χ1) is 27.7. The number of rotatable bonds is 6. The zero-order valence-electron chi connectivity index (χ0n) is 30.3. The van der Waals surface area contributed by atoms with Gasteiger partial charge in [0.1, 0.15) is 11.2 Å². The van der Waals surface area contributed by atoms with Crippen LogP contribution in [0.1, 0.15) is 0 Å². The van der Waals surface area contributed by atoms with Crippen molar-refractivity contribution < 1.29 is 4.42 Å². The Bertz CT molecular complexity index is 3100. The van der Waals surface area contributed by atoms with Gasteiger partial charge in [0.25, 0.3) is 0 Å². The topological polar surface area (TPSA) is 54.7 Å². The van der Waals surface area contributed by atoms with Gasteiger partial charge in [-0.15, -0.1) is 0 Å². The van der Waals surface area contributed by atoms with Crippen molar-refractivity contribution in [2.45, 2.75) is 0 Å². The number of nitrogens with zero attached hydrogens (tertiary/aromatic N) is 2. The molecule has 0 saturated heterocycles. The fraction of sp³-hybridized carbons (Fsp3) is 0. The summed E-state index contributed by atoms with van der Waals surface area (Å²) in [5.74, 6) is 0.679. The third-order valence-corrected chi connectivity index (χ3v) is 10.8. The van der Waals surface area contributed by atoms with Gasteiger partial charge in [-0.05, 0) is 81.9 Å². The van der Waals surface area contributed by atoms with E-state index in [4.69, 9.17) is 14.4 Å². The van der Waals surface area contributed by atoms with Crippen LogP contribution in [0.15, 0.2) is 199 Å².